The van der Waals surface area contributed by atoms with Gasteiger partial charge < -0.3 is 14.7 Å². The van der Waals surface area contributed by atoms with Gasteiger partial charge in [0.2, 0.25) is 5.91 Å². The number of sulfonamides is 1. The van der Waals surface area contributed by atoms with Gasteiger partial charge in [-0.05, 0) is 74.1 Å². The van der Waals surface area contributed by atoms with E-state index in [1.807, 2.05) is 26.1 Å². The van der Waals surface area contributed by atoms with Crippen molar-refractivity contribution < 1.29 is 27.4 Å². The Morgan fingerprint density at radius 3 is 2.50 bits per heavy atom. The SMILES string of the molecule is C[C@H]1CN([C@@H](C)CO)C(=O)Cc2cc(NS(=O)(=O)c3ccc(F)cc3)ccc2O[C@@H]1CN(C)Cc1ccc(Cl)c(Cl)c1. The molecule has 0 fully saturated rings. The number of halogens is 3. The molecule has 12 heteroatoms. The molecule has 4 rings (SSSR count). The molecule has 0 saturated heterocycles. The van der Waals surface area contributed by atoms with Crippen LogP contribution in [0.3, 0.4) is 0 Å². The highest BCUT2D eigenvalue weighted by Gasteiger charge is 2.31. The standard InChI is InChI=1S/C30H34Cl2FN3O5S/c1-19-15-36(20(2)18-37)30(38)14-22-13-24(34-42(39,40)25-8-5-23(33)6-9-25)7-11-28(22)41-29(19)17-35(3)16-21-4-10-26(31)27(32)12-21/h4-13,19-20,29,34,37H,14-18H2,1-3H3/t19-,20-,29+/m0/s1. The lowest BCUT2D eigenvalue weighted by atomic mass is 10.0. The van der Waals surface area contributed by atoms with Crippen LogP contribution in [0.15, 0.2) is 65.6 Å². The number of anilines is 1. The van der Waals surface area contributed by atoms with Crippen LogP contribution >= 0.6 is 23.2 Å². The molecule has 1 aliphatic heterocycles. The number of amides is 1. The third-order valence-electron chi connectivity index (χ3n) is 7.22. The minimum Gasteiger partial charge on any atom is -0.488 e. The Balaban J connectivity index is 1.62. The van der Waals surface area contributed by atoms with Gasteiger partial charge in [-0.25, -0.2) is 12.8 Å². The summed E-state index contributed by atoms with van der Waals surface area (Å²) >= 11 is 12.3. The molecular weight excluding hydrogens is 604 g/mol. The predicted octanol–water partition coefficient (Wildman–Crippen LogP) is 5.21. The average Bonchev–Trinajstić information content (AvgIpc) is 2.98. The van der Waals surface area contributed by atoms with E-state index in [1.54, 1.807) is 36.1 Å². The lowest BCUT2D eigenvalue weighted by Crippen LogP contribution is -2.47. The van der Waals surface area contributed by atoms with E-state index in [2.05, 4.69) is 9.62 Å². The summed E-state index contributed by atoms with van der Waals surface area (Å²) in [6.07, 6.45) is -0.401. The zero-order chi connectivity index (χ0) is 30.6. The third kappa shape index (κ3) is 7.93. The second-order valence-electron chi connectivity index (χ2n) is 10.7. The largest absolute Gasteiger partial charge is 0.488 e. The topological polar surface area (TPSA) is 99.2 Å². The maximum absolute atomic E-state index is 13.5. The van der Waals surface area contributed by atoms with Crippen LogP contribution in [0.2, 0.25) is 10.0 Å². The number of carbonyl (C=O) groups is 1. The summed E-state index contributed by atoms with van der Waals surface area (Å²) in [7, 11) is -2.05. The van der Waals surface area contributed by atoms with E-state index in [0.29, 0.717) is 41.0 Å². The maximum Gasteiger partial charge on any atom is 0.261 e. The first-order chi connectivity index (χ1) is 19.9. The van der Waals surface area contributed by atoms with Crippen molar-refractivity contribution >= 4 is 44.8 Å². The molecule has 42 heavy (non-hydrogen) atoms. The van der Waals surface area contributed by atoms with Gasteiger partial charge in [0.25, 0.3) is 10.0 Å². The molecule has 1 amide bonds. The molecule has 8 nitrogen and oxygen atoms in total. The number of carbonyl (C=O) groups excluding carboxylic acids is 1. The summed E-state index contributed by atoms with van der Waals surface area (Å²) in [5, 5.41) is 10.8. The molecular formula is C30H34Cl2FN3O5S. The summed E-state index contributed by atoms with van der Waals surface area (Å²) in [5.74, 6) is -0.403. The van der Waals surface area contributed by atoms with Crippen LogP contribution in [0.1, 0.15) is 25.0 Å². The molecule has 0 aliphatic carbocycles. The highest BCUT2D eigenvalue weighted by molar-refractivity contribution is 7.92. The van der Waals surface area contributed by atoms with Crippen LogP contribution < -0.4 is 9.46 Å². The number of nitrogens with zero attached hydrogens (tertiary/aromatic N) is 2. The second kappa shape index (κ2) is 13.6. The number of aliphatic hydroxyl groups is 1. The van der Waals surface area contributed by atoms with Gasteiger partial charge >= 0.3 is 0 Å². The summed E-state index contributed by atoms with van der Waals surface area (Å²) in [6.45, 7) is 5.03. The molecule has 0 unspecified atom stereocenters. The van der Waals surface area contributed by atoms with Crippen molar-refractivity contribution in [3.8, 4) is 5.75 Å². The van der Waals surface area contributed by atoms with Crippen molar-refractivity contribution in [2.24, 2.45) is 5.92 Å². The molecule has 0 radical (unpaired) electrons. The predicted molar refractivity (Wildman–Crippen MR) is 162 cm³/mol. The molecule has 226 valence electrons. The van der Waals surface area contributed by atoms with Gasteiger partial charge in [-0.15, -0.1) is 0 Å². The van der Waals surface area contributed by atoms with Crippen LogP contribution in [0.5, 0.6) is 5.75 Å². The van der Waals surface area contributed by atoms with Crippen molar-refractivity contribution in [3.63, 3.8) is 0 Å². The third-order valence-corrected chi connectivity index (χ3v) is 9.36. The van der Waals surface area contributed by atoms with Crippen LogP contribution in [0, 0.1) is 11.7 Å². The normalized spacial score (nSPS) is 18.5. The van der Waals surface area contributed by atoms with Crippen molar-refractivity contribution in [1.29, 1.82) is 0 Å². The van der Waals surface area contributed by atoms with Gasteiger partial charge in [0.15, 0.2) is 0 Å². The van der Waals surface area contributed by atoms with Gasteiger partial charge in [0, 0.05) is 36.8 Å². The van der Waals surface area contributed by atoms with Gasteiger partial charge in [-0.2, -0.15) is 0 Å². The fourth-order valence-corrected chi connectivity index (χ4v) is 6.23. The number of nitrogens with one attached hydrogen (secondary N) is 1. The fraction of sp³-hybridized carbons (Fsp3) is 0.367. The van der Waals surface area contributed by atoms with Crippen LogP contribution in [-0.2, 0) is 27.8 Å². The smallest absolute Gasteiger partial charge is 0.261 e. The fourth-order valence-electron chi connectivity index (χ4n) is 4.86. The van der Waals surface area contributed by atoms with E-state index < -0.39 is 21.9 Å². The van der Waals surface area contributed by atoms with E-state index in [-0.39, 0.29) is 41.5 Å². The van der Waals surface area contributed by atoms with E-state index in [9.17, 15) is 22.7 Å². The molecule has 0 aromatic heterocycles. The van der Waals surface area contributed by atoms with Gasteiger partial charge in [0.05, 0.1) is 34.0 Å². The monoisotopic (exact) mass is 637 g/mol. The van der Waals surface area contributed by atoms with Crippen LogP contribution in [0.4, 0.5) is 10.1 Å². The Morgan fingerprint density at radius 1 is 1.12 bits per heavy atom. The van der Waals surface area contributed by atoms with Crippen LogP contribution in [-0.4, -0.2) is 68.1 Å². The number of hydrogen-bond acceptors (Lipinski definition) is 6. The van der Waals surface area contributed by atoms with Gasteiger partial charge in [0.1, 0.15) is 17.7 Å². The molecule has 1 aliphatic rings. The molecule has 0 saturated carbocycles. The Hall–Kier alpha value is -2.89. The summed E-state index contributed by atoms with van der Waals surface area (Å²) in [4.78, 5) is 17.1. The van der Waals surface area contributed by atoms with Gasteiger partial charge in [-0.1, -0.05) is 36.2 Å². The molecule has 2 N–H and O–H groups in total. The first-order valence-electron chi connectivity index (χ1n) is 13.5. The first kappa shape index (κ1) is 32.0. The highest BCUT2D eigenvalue weighted by Crippen LogP contribution is 2.30. The van der Waals surface area contributed by atoms with Gasteiger partial charge in [-0.3, -0.25) is 14.4 Å². The van der Waals surface area contributed by atoms with Crippen molar-refractivity contribution in [2.75, 3.05) is 31.5 Å². The number of aliphatic hydroxyl groups excluding tert-OH is 1. The van der Waals surface area contributed by atoms with E-state index in [0.717, 1.165) is 17.7 Å². The molecule has 0 spiro atoms. The number of fused-ring (bicyclic) bond motifs is 1. The lowest BCUT2D eigenvalue weighted by molar-refractivity contribution is -0.134. The van der Waals surface area contributed by atoms with E-state index in [1.165, 1.54) is 12.1 Å². The van der Waals surface area contributed by atoms with E-state index >= 15 is 0 Å². The number of likely N-dealkylation sites (N-methyl/N-ethyl adjacent to an activating group) is 1. The first-order valence-corrected chi connectivity index (χ1v) is 15.7. The Bertz CT molecular complexity index is 1520. The van der Waals surface area contributed by atoms with E-state index in [4.69, 9.17) is 27.9 Å². The minimum absolute atomic E-state index is 0.0512. The Morgan fingerprint density at radius 2 is 1.83 bits per heavy atom. The summed E-state index contributed by atoms with van der Waals surface area (Å²) in [6, 6.07) is 14.3. The Labute approximate surface area is 256 Å². The zero-order valence-corrected chi connectivity index (χ0v) is 25.9. The maximum atomic E-state index is 13.5. The van der Waals surface area contributed by atoms with Crippen LogP contribution in [0.25, 0.3) is 0 Å². The minimum atomic E-state index is -4.00. The van der Waals surface area contributed by atoms with Crippen molar-refractivity contribution in [1.82, 2.24) is 9.80 Å². The molecule has 0 bridgehead atoms. The number of rotatable bonds is 9. The molecule has 1 heterocycles. The second-order valence-corrected chi connectivity index (χ2v) is 13.2. The summed E-state index contributed by atoms with van der Waals surface area (Å²) < 4.78 is 48.2. The summed E-state index contributed by atoms with van der Waals surface area (Å²) in [5.41, 5.74) is 1.71. The molecule has 3 atom stereocenters. The van der Waals surface area contributed by atoms with Crippen molar-refractivity contribution in [3.05, 3.63) is 87.7 Å². The Kier molecular flexibility index (Phi) is 10.4. The number of ether oxygens (including phenoxy) is 1. The zero-order valence-electron chi connectivity index (χ0n) is 23.6. The highest BCUT2D eigenvalue weighted by atomic mass is 35.5. The molecule has 3 aromatic rings. The molecule has 3 aromatic carbocycles. The quantitative estimate of drug-likeness (QED) is 0.334. The average molecular weight is 639 g/mol. The number of hydrogen-bond donors (Lipinski definition) is 2. The lowest BCUT2D eigenvalue weighted by Gasteiger charge is -2.34. The van der Waals surface area contributed by atoms with Crippen molar-refractivity contribution in [2.45, 2.75) is 43.9 Å². The number of benzene rings is 3.